The van der Waals surface area contributed by atoms with E-state index in [1.54, 1.807) is 17.4 Å². The van der Waals surface area contributed by atoms with Gasteiger partial charge in [-0.25, -0.2) is 9.37 Å². The maximum atomic E-state index is 13.1. The van der Waals surface area contributed by atoms with E-state index in [4.69, 9.17) is 0 Å². The lowest BCUT2D eigenvalue weighted by atomic mass is 9.98. The molecule has 2 atom stereocenters. The minimum atomic E-state index is -0.219. The van der Waals surface area contributed by atoms with Crippen LogP contribution in [0.1, 0.15) is 26.2 Å². The third kappa shape index (κ3) is 2.34. The van der Waals surface area contributed by atoms with Gasteiger partial charge in [0.1, 0.15) is 5.82 Å². The smallest absolute Gasteiger partial charge is 0.183 e. The van der Waals surface area contributed by atoms with E-state index >= 15 is 0 Å². The molecule has 1 aliphatic carbocycles. The highest BCUT2D eigenvalue weighted by Crippen LogP contribution is 2.32. The molecule has 3 rings (SSSR count). The Balaban J connectivity index is 1.71. The van der Waals surface area contributed by atoms with Crippen molar-refractivity contribution in [3.8, 4) is 0 Å². The monoisotopic (exact) mass is 264 g/mol. The second-order valence-electron chi connectivity index (χ2n) is 5.18. The average Bonchev–Trinajstić information content (AvgIpc) is 2.92. The van der Waals surface area contributed by atoms with E-state index in [1.165, 1.54) is 31.4 Å². The molecule has 96 valence electrons. The van der Waals surface area contributed by atoms with Gasteiger partial charge in [0.15, 0.2) is 5.13 Å². The summed E-state index contributed by atoms with van der Waals surface area (Å²) in [4.78, 5) is 4.43. The minimum Gasteiger partial charge on any atom is -0.361 e. The second-order valence-corrected chi connectivity index (χ2v) is 6.21. The van der Waals surface area contributed by atoms with Gasteiger partial charge >= 0.3 is 0 Å². The Morgan fingerprint density at radius 2 is 2.33 bits per heavy atom. The van der Waals surface area contributed by atoms with Crippen molar-refractivity contribution in [2.24, 2.45) is 11.8 Å². The van der Waals surface area contributed by atoms with Gasteiger partial charge in [0, 0.05) is 12.6 Å². The highest BCUT2D eigenvalue weighted by molar-refractivity contribution is 7.22. The lowest BCUT2D eigenvalue weighted by molar-refractivity contribution is 0.439. The molecule has 2 unspecified atom stereocenters. The summed E-state index contributed by atoms with van der Waals surface area (Å²) < 4.78 is 14.1. The number of rotatable bonds is 3. The summed E-state index contributed by atoms with van der Waals surface area (Å²) in [5, 5.41) is 4.32. The van der Waals surface area contributed by atoms with Crippen LogP contribution in [-0.2, 0) is 0 Å². The fraction of sp³-hybridized carbons (Fsp3) is 0.500. The van der Waals surface area contributed by atoms with Gasteiger partial charge in [-0.3, -0.25) is 0 Å². The molecule has 0 amide bonds. The number of aromatic nitrogens is 1. The predicted octanol–water partition coefficient (Wildman–Crippen LogP) is 4.28. The average molecular weight is 264 g/mol. The molecule has 1 fully saturated rings. The molecular formula is C14H17FN2S. The lowest BCUT2D eigenvalue weighted by Crippen LogP contribution is -2.16. The van der Waals surface area contributed by atoms with E-state index < -0.39 is 0 Å². The molecule has 0 spiro atoms. The number of thiazole rings is 1. The number of halogens is 1. The molecule has 0 saturated heterocycles. The Labute approximate surface area is 110 Å². The van der Waals surface area contributed by atoms with E-state index in [-0.39, 0.29) is 5.82 Å². The molecule has 18 heavy (non-hydrogen) atoms. The lowest BCUT2D eigenvalue weighted by Gasteiger charge is -2.14. The van der Waals surface area contributed by atoms with Crippen LogP contribution in [0.2, 0.25) is 0 Å². The molecule has 0 aliphatic heterocycles. The van der Waals surface area contributed by atoms with E-state index in [0.29, 0.717) is 0 Å². The first-order chi connectivity index (χ1) is 8.72. The quantitative estimate of drug-likeness (QED) is 0.894. The third-order valence-corrected chi connectivity index (χ3v) is 4.90. The SMILES string of the molecule is CC1CCCC1CNc1nc2cc(F)ccc2s1. The van der Waals surface area contributed by atoms with Gasteiger partial charge in [-0.05, 0) is 30.4 Å². The van der Waals surface area contributed by atoms with E-state index in [0.717, 1.165) is 33.7 Å². The number of benzene rings is 1. The molecule has 1 N–H and O–H groups in total. The second kappa shape index (κ2) is 4.84. The number of nitrogens with one attached hydrogen (secondary N) is 1. The first-order valence-corrected chi connectivity index (χ1v) is 7.34. The fourth-order valence-electron chi connectivity index (χ4n) is 2.72. The summed E-state index contributed by atoms with van der Waals surface area (Å²) in [6.45, 7) is 3.32. The van der Waals surface area contributed by atoms with E-state index in [1.807, 2.05) is 0 Å². The number of nitrogens with zero attached hydrogens (tertiary/aromatic N) is 1. The van der Waals surface area contributed by atoms with Crippen LogP contribution < -0.4 is 5.32 Å². The molecule has 1 aliphatic rings. The van der Waals surface area contributed by atoms with Crippen molar-refractivity contribution < 1.29 is 4.39 Å². The van der Waals surface area contributed by atoms with Gasteiger partial charge in [0.2, 0.25) is 0 Å². The molecule has 2 aromatic rings. The summed E-state index contributed by atoms with van der Waals surface area (Å²) in [5.74, 6) is 1.35. The maximum Gasteiger partial charge on any atom is 0.183 e. The first kappa shape index (κ1) is 11.9. The zero-order chi connectivity index (χ0) is 12.5. The molecule has 0 bridgehead atoms. The Morgan fingerprint density at radius 1 is 1.44 bits per heavy atom. The van der Waals surface area contributed by atoms with Gasteiger partial charge in [-0.15, -0.1) is 0 Å². The summed E-state index contributed by atoms with van der Waals surface area (Å²) >= 11 is 1.60. The van der Waals surface area contributed by atoms with Gasteiger partial charge in [0.25, 0.3) is 0 Å². The van der Waals surface area contributed by atoms with Crippen LogP contribution in [0.15, 0.2) is 18.2 Å². The highest BCUT2D eigenvalue weighted by Gasteiger charge is 2.23. The Bertz CT molecular complexity index is 552. The molecular weight excluding hydrogens is 247 g/mol. The predicted molar refractivity (Wildman–Crippen MR) is 74.6 cm³/mol. The van der Waals surface area contributed by atoms with Crippen LogP contribution in [-0.4, -0.2) is 11.5 Å². The molecule has 1 heterocycles. The molecule has 0 radical (unpaired) electrons. The highest BCUT2D eigenvalue weighted by atomic mass is 32.1. The van der Waals surface area contributed by atoms with Crippen LogP contribution in [0, 0.1) is 17.7 Å². The van der Waals surface area contributed by atoms with Crippen molar-refractivity contribution in [1.29, 1.82) is 0 Å². The molecule has 1 aromatic heterocycles. The van der Waals surface area contributed by atoms with Crippen molar-refractivity contribution in [3.63, 3.8) is 0 Å². The third-order valence-electron chi connectivity index (χ3n) is 3.90. The van der Waals surface area contributed by atoms with Crippen molar-refractivity contribution in [2.75, 3.05) is 11.9 Å². The topological polar surface area (TPSA) is 24.9 Å². The minimum absolute atomic E-state index is 0.219. The van der Waals surface area contributed by atoms with Gasteiger partial charge < -0.3 is 5.32 Å². The van der Waals surface area contributed by atoms with Gasteiger partial charge in [0.05, 0.1) is 10.2 Å². The number of fused-ring (bicyclic) bond motifs is 1. The van der Waals surface area contributed by atoms with Crippen LogP contribution in [0.25, 0.3) is 10.2 Å². The number of anilines is 1. The van der Waals surface area contributed by atoms with Gasteiger partial charge in [-0.1, -0.05) is 31.1 Å². The van der Waals surface area contributed by atoms with Crippen LogP contribution in [0.3, 0.4) is 0 Å². The summed E-state index contributed by atoms with van der Waals surface area (Å²) in [6.07, 6.45) is 4.00. The van der Waals surface area contributed by atoms with Crippen molar-refractivity contribution in [3.05, 3.63) is 24.0 Å². The molecule has 4 heteroatoms. The van der Waals surface area contributed by atoms with Crippen LogP contribution >= 0.6 is 11.3 Å². The fourth-order valence-corrected chi connectivity index (χ4v) is 3.57. The number of hydrogen-bond donors (Lipinski definition) is 1. The zero-order valence-electron chi connectivity index (χ0n) is 10.4. The summed E-state index contributed by atoms with van der Waals surface area (Å²) in [5.41, 5.74) is 0.752. The van der Waals surface area contributed by atoms with Gasteiger partial charge in [-0.2, -0.15) is 0 Å². The summed E-state index contributed by atoms with van der Waals surface area (Å²) in [7, 11) is 0. The van der Waals surface area contributed by atoms with E-state index in [9.17, 15) is 4.39 Å². The molecule has 1 aromatic carbocycles. The maximum absolute atomic E-state index is 13.1. The Hall–Kier alpha value is -1.16. The largest absolute Gasteiger partial charge is 0.361 e. The van der Waals surface area contributed by atoms with Crippen molar-refractivity contribution >= 4 is 26.7 Å². The van der Waals surface area contributed by atoms with Crippen molar-refractivity contribution in [1.82, 2.24) is 4.98 Å². The molecule has 1 saturated carbocycles. The van der Waals surface area contributed by atoms with Crippen molar-refractivity contribution in [2.45, 2.75) is 26.2 Å². The Morgan fingerprint density at radius 3 is 3.11 bits per heavy atom. The normalized spacial score (nSPS) is 23.7. The standard InChI is InChI=1S/C14H17FN2S/c1-9-3-2-4-10(9)8-16-14-17-12-7-11(15)5-6-13(12)18-14/h5-7,9-10H,2-4,8H2,1H3,(H,16,17). The van der Waals surface area contributed by atoms with E-state index in [2.05, 4.69) is 17.2 Å². The number of hydrogen-bond acceptors (Lipinski definition) is 3. The first-order valence-electron chi connectivity index (χ1n) is 6.52. The Kier molecular flexibility index (Phi) is 3.20. The zero-order valence-corrected chi connectivity index (χ0v) is 11.3. The van der Waals surface area contributed by atoms with Crippen LogP contribution in [0.5, 0.6) is 0 Å². The summed E-state index contributed by atoms with van der Waals surface area (Å²) in [6, 6.07) is 4.78. The molecule has 2 nitrogen and oxygen atoms in total. The van der Waals surface area contributed by atoms with Crippen LogP contribution in [0.4, 0.5) is 9.52 Å².